The van der Waals surface area contributed by atoms with Crippen molar-refractivity contribution in [3.8, 4) is 0 Å². The maximum absolute atomic E-state index is 6.20. The Labute approximate surface area is 122 Å². The van der Waals surface area contributed by atoms with Gasteiger partial charge in [0.25, 0.3) is 0 Å². The van der Waals surface area contributed by atoms with E-state index in [0.29, 0.717) is 6.10 Å². The Hall–Kier alpha value is -0.0900. The Balaban J connectivity index is 1.87. The van der Waals surface area contributed by atoms with Crippen LogP contribution in [0.15, 0.2) is 22.7 Å². The van der Waals surface area contributed by atoms with Gasteiger partial charge in [-0.25, -0.2) is 0 Å². The molecule has 2 N–H and O–H groups in total. The van der Waals surface area contributed by atoms with Gasteiger partial charge >= 0.3 is 0 Å². The predicted octanol–water partition coefficient (Wildman–Crippen LogP) is 3.93. The van der Waals surface area contributed by atoms with Crippen molar-refractivity contribution in [2.24, 2.45) is 5.73 Å². The van der Waals surface area contributed by atoms with Crippen LogP contribution in [0, 0.1) is 0 Å². The minimum absolute atomic E-state index is 0.117. The molecule has 0 spiro atoms. The molecule has 1 aliphatic heterocycles. The molecule has 1 aromatic carbocycles. The van der Waals surface area contributed by atoms with E-state index in [-0.39, 0.29) is 6.04 Å². The highest BCUT2D eigenvalue weighted by molar-refractivity contribution is 9.10. The largest absolute Gasteiger partial charge is 0.378 e. The molecule has 2 atom stereocenters. The van der Waals surface area contributed by atoms with Crippen LogP contribution in [0.3, 0.4) is 0 Å². The van der Waals surface area contributed by atoms with Crippen LogP contribution in [0.4, 0.5) is 0 Å². The van der Waals surface area contributed by atoms with E-state index in [1.807, 2.05) is 18.2 Å². The number of benzene rings is 1. The number of ether oxygens (including phenoxy) is 1. The summed E-state index contributed by atoms with van der Waals surface area (Å²) < 4.78 is 6.72. The monoisotopic (exact) mass is 331 g/mol. The van der Waals surface area contributed by atoms with Gasteiger partial charge in [0, 0.05) is 22.1 Å². The van der Waals surface area contributed by atoms with Crippen molar-refractivity contribution in [1.29, 1.82) is 0 Å². The van der Waals surface area contributed by atoms with Crippen molar-refractivity contribution in [2.45, 2.75) is 44.2 Å². The highest BCUT2D eigenvalue weighted by atomic mass is 79.9. The van der Waals surface area contributed by atoms with Crippen molar-refractivity contribution in [1.82, 2.24) is 0 Å². The van der Waals surface area contributed by atoms with Crippen LogP contribution in [0.2, 0.25) is 5.02 Å². The summed E-state index contributed by atoms with van der Waals surface area (Å²) in [6, 6.07) is 6.08. The molecule has 2 nitrogen and oxygen atoms in total. The summed E-state index contributed by atoms with van der Waals surface area (Å²) in [5.41, 5.74) is 7.31. The predicted molar refractivity (Wildman–Crippen MR) is 79.0 cm³/mol. The lowest BCUT2D eigenvalue weighted by Crippen LogP contribution is -2.31. The number of halogens is 2. The molecule has 0 amide bonds. The minimum Gasteiger partial charge on any atom is -0.378 e. The topological polar surface area (TPSA) is 35.2 Å². The van der Waals surface area contributed by atoms with Crippen LogP contribution in [0.5, 0.6) is 0 Å². The SMILES string of the molecule is NC(Cc1ccc(Br)cc1Cl)CC1CCCCO1. The smallest absolute Gasteiger partial charge is 0.0590 e. The van der Waals surface area contributed by atoms with E-state index in [2.05, 4.69) is 15.9 Å². The maximum Gasteiger partial charge on any atom is 0.0590 e. The lowest BCUT2D eigenvalue weighted by atomic mass is 9.97. The van der Waals surface area contributed by atoms with Crippen LogP contribution < -0.4 is 5.73 Å². The number of nitrogens with two attached hydrogens (primary N) is 1. The quantitative estimate of drug-likeness (QED) is 0.906. The van der Waals surface area contributed by atoms with Crippen molar-refractivity contribution in [3.05, 3.63) is 33.3 Å². The second-order valence-electron chi connectivity index (χ2n) is 4.92. The third-order valence-electron chi connectivity index (χ3n) is 3.34. The minimum atomic E-state index is 0.117. The third-order valence-corrected chi connectivity index (χ3v) is 4.18. The van der Waals surface area contributed by atoms with Crippen LogP contribution >= 0.6 is 27.5 Å². The fraction of sp³-hybridized carbons (Fsp3) is 0.571. The third kappa shape index (κ3) is 4.23. The zero-order chi connectivity index (χ0) is 13.0. The normalized spacial score (nSPS) is 21.8. The fourth-order valence-corrected chi connectivity index (χ4v) is 3.13. The van der Waals surface area contributed by atoms with E-state index < -0.39 is 0 Å². The van der Waals surface area contributed by atoms with E-state index in [1.54, 1.807) is 0 Å². The van der Waals surface area contributed by atoms with Gasteiger partial charge in [0.1, 0.15) is 0 Å². The van der Waals surface area contributed by atoms with Gasteiger partial charge in [-0.1, -0.05) is 33.6 Å². The summed E-state index contributed by atoms with van der Waals surface area (Å²) in [4.78, 5) is 0. The second-order valence-corrected chi connectivity index (χ2v) is 6.25. The average Bonchev–Trinajstić information content (AvgIpc) is 2.34. The second kappa shape index (κ2) is 6.90. The first kappa shape index (κ1) is 14.3. The average molecular weight is 333 g/mol. The summed E-state index contributed by atoms with van der Waals surface area (Å²) in [5.74, 6) is 0. The Morgan fingerprint density at radius 2 is 2.28 bits per heavy atom. The van der Waals surface area contributed by atoms with Crippen LogP contribution in [0.1, 0.15) is 31.2 Å². The van der Waals surface area contributed by atoms with Gasteiger partial charge in [-0.05, 0) is 49.8 Å². The first-order valence-corrected chi connectivity index (χ1v) is 7.63. The van der Waals surface area contributed by atoms with Crippen molar-refractivity contribution >= 4 is 27.5 Å². The molecule has 0 radical (unpaired) electrons. The van der Waals surface area contributed by atoms with Gasteiger partial charge < -0.3 is 10.5 Å². The Morgan fingerprint density at radius 1 is 1.44 bits per heavy atom. The maximum atomic E-state index is 6.20. The van der Waals surface area contributed by atoms with Gasteiger partial charge in [-0.3, -0.25) is 0 Å². The molecule has 4 heteroatoms. The highest BCUT2D eigenvalue weighted by Crippen LogP contribution is 2.24. The Kier molecular flexibility index (Phi) is 5.49. The molecular weight excluding hydrogens is 314 g/mol. The van der Waals surface area contributed by atoms with E-state index >= 15 is 0 Å². The number of hydrogen-bond donors (Lipinski definition) is 1. The lowest BCUT2D eigenvalue weighted by Gasteiger charge is -2.25. The first-order chi connectivity index (χ1) is 8.65. The van der Waals surface area contributed by atoms with E-state index in [9.17, 15) is 0 Å². The molecule has 0 saturated carbocycles. The van der Waals surface area contributed by atoms with Crippen LogP contribution in [-0.4, -0.2) is 18.8 Å². The fourth-order valence-electron chi connectivity index (χ4n) is 2.38. The van der Waals surface area contributed by atoms with Gasteiger partial charge in [-0.2, -0.15) is 0 Å². The molecule has 2 unspecified atom stereocenters. The lowest BCUT2D eigenvalue weighted by molar-refractivity contribution is 0.00747. The molecule has 1 aromatic rings. The zero-order valence-electron chi connectivity index (χ0n) is 10.4. The number of rotatable bonds is 4. The van der Waals surface area contributed by atoms with Crippen LogP contribution in [-0.2, 0) is 11.2 Å². The molecular formula is C14H19BrClNO. The molecule has 0 aliphatic carbocycles. The molecule has 18 heavy (non-hydrogen) atoms. The van der Waals surface area contributed by atoms with Gasteiger partial charge in [0.2, 0.25) is 0 Å². The summed E-state index contributed by atoms with van der Waals surface area (Å²) in [7, 11) is 0. The molecule has 2 rings (SSSR count). The van der Waals surface area contributed by atoms with Crippen LogP contribution in [0.25, 0.3) is 0 Å². The van der Waals surface area contributed by atoms with E-state index in [0.717, 1.165) is 40.9 Å². The molecule has 1 heterocycles. The summed E-state index contributed by atoms with van der Waals surface area (Å²) >= 11 is 9.61. The van der Waals surface area contributed by atoms with Gasteiger partial charge in [-0.15, -0.1) is 0 Å². The summed E-state index contributed by atoms with van der Waals surface area (Å²) in [6.45, 7) is 0.885. The zero-order valence-corrected chi connectivity index (χ0v) is 12.7. The van der Waals surface area contributed by atoms with Gasteiger partial charge in [0.15, 0.2) is 0 Å². The van der Waals surface area contributed by atoms with E-state index in [4.69, 9.17) is 22.1 Å². The van der Waals surface area contributed by atoms with Crippen molar-refractivity contribution < 1.29 is 4.74 Å². The molecule has 1 fully saturated rings. The van der Waals surface area contributed by atoms with E-state index in [1.165, 1.54) is 12.8 Å². The molecule has 1 aliphatic rings. The summed E-state index contributed by atoms with van der Waals surface area (Å²) in [6.07, 6.45) is 5.66. The highest BCUT2D eigenvalue weighted by Gasteiger charge is 2.18. The Bertz CT molecular complexity index is 393. The van der Waals surface area contributed by atoms with Crippen molar-refractivity contribution in [2.75, 3.05) is 6.61 Å². The Morgan fingerprint density at radius 3 is 2.94 bits per heavy atom. The van der Waals surface area contributed by atoms with Crippen molar-refractivity contribution in [3.63, 3.8) is 0 Å². The first-order valence-electron chi connectivity index (χ1n) is 6.46. The molecule has 100 valence electrons. The molecule has 0 aromatic heterocycles. The number of hydrogen-bond acceptors (Lipinski definition) is 2. The summed E-state index contributed by atoms with van der Waals surface area (Å²) in [5, 5.41) is 0.782. The van der Waals surface area contributed by atoms with Gasteiger partial charge in [0.05, 0.1) is 6.10 Å². The molecule has 0 bridgehead atoms. The molecule has 1 saturated heterocycles. The standard InChI is InChI=1S/C14H19BrClNO/c15-11-5-4-10(14(16)8-11)7-12(17)9-13-3-1-2-6-18-13/h4-5,8,12-13H,1-3,6-7,9,17H2.